The van der Waals surface area contributed by atoms with Gasteiger partial charge in [0, 0.05) is 5.56 Å². The Morgan fingerprint density at radius 3 is 2.75 bits per heavy atom. The maximum Gasteiger partial charge on any atom is 0.264 e. The van der Waals surface area contributed by atoms with Gasteiger partial charge in [-0.3, -0.25) is 4.79 Å². The molecule has 1 amide bonds. The van der Waals surface area contributed by atoms with E-state index in [2.05, 4.69) is 10.3 Å². The van der Waals surface area contributed by atoms with Crippen molar-refractivity contribution in [3.8, 4) is 5.75 Å². The minimum atomic E-state index is -0.370. The normalized spacial score (nSPS) is 17.3. The van der Waals surface area contributed by atoms with Gasteiger partial charge in [-0.1, -0.05) is 30.3 Å². The molecule has 0 aliphatic carbocycles. The number of ether oxygens (including phenoxy) is 1. The summed E-state index contributed by atoms with van der Waals surface area (Å²) in [4.78, 5) is 16.9. The van der Waals surface area contributed by atoms with Crippen LogP contribution in [0.3, 0.4) is 0 Å². The van der Waals surface area contributed by atoms with Crippen LogP contribution in [0.1, 0.15) is 12.5 Å². The van der Waals surface area contributed by atoms with Crippen LogP contribution in [-0.2, 0) is 4.79 Å². The van der Waals surface area contributed by atoms with Crippen molar-refractivity contribution in [1.82, 2.24) is 5.32 Å². The molecule has 24 heavy (non-hydrogen) atoms. The van der Waals surface area contributed by atoms with E-state index in [-0.39, 0.29) is 11.7 Å². The molecule has 6 heteroatoms. The van der Waals surface area contributed by atoms with Gasteiger partial charge in [-0.2, -0.15) is 0 Å². The first-order valence-electron chi connectivity index (χ1n) is 7.43. The van der Waals surface area contributed by atoms with Crippen molar-refractivity contribution in [3.05, 3.63) is 64.8 Å². The second-order valence-electron chi connectivity index (χ2n) is 4.90. The Bertz CT molecular complexity index is 833. The summed E-state index contributed by atoms with van der Waals surface area (Å²) in [6, 6.07) is 13.6. The summed E-state index contributed by atoms with van der Waals surface area (Å²) in [5, 5.41) is 3.13. The Kier molecular flexibility index (Phi) is 4.96. The van der Waals surface area contributed by atoms with Gasteiger partial charge in [0.1, 0.15) is 17.3 Å². The number of halogens is 1. The summed E-state index contributed by atoms with van der Waals surface area (Å²) in [5.74, 6) is -0.0183. The Morgan fingerprint density at radius 2 is 1.96 bits per heavy atom. The van der Waals surface area contributed by atoms with Crippen LogP contribution in [0.5, 0.6) is 5.75 Å². The van der Waals surface area contributed by atoms with Crippen LogP contribution in [0.2, 0.25) is 0 Å². The Balaban J connectivity index is 1.86. The van der Waals surface area contributed by atoms with E-state index in [9.17, 15) is 9.18 Å². The minimum Gasteiger partial charge on any atom is -0.492 e. The van der Waals surface area contributed by atoms with E-state index in [0.29, 0.717) is 33.7 Å². The highest BCUT2D eigenvalue weighted by atomic mass is 32.2. The van der Waals surface area contributed by atoms with E-state index >= 15 is 0 Å². The number of para-hydroxylation sites is 2. The molecule has 2 aromatic rings. The van der Waals surface area contributed by atoms with Crippen LogP contribution in [0, 0.1) is 5.82 Å². The highest BCUT2D eigenvalue weighted by Gasteiger charge is 2.24. The molecule has 1 saturated heterocycles. The van der Waals surface area contributed by atoms with Crippen molar-refractivity contribution in [1.29, 1.82) is 0 Å². The van der Waals surface area contributed by atoms with Crippen LogP contribution in [0.15, 0.2) is 58.4 Å². The van der Waals surface area contributed by atoms with E-state index in [1.54, 1.807) is 18.2 Å². The van der Waals surface area contributed by atoms with E-state index in [4.69, 9.17) is 4.74 Å². The van der Waals surface area contributed by atoms with Crippen LogP contribution in [-0.4, -0.2) is 17.7 Å². The Labute approximate surface area is 143 Å². The third kappa shape index (κ3) is 3.65. The van der Waals surface area contributed by atoms with Gasteiger partial charge >= 0.3 is 0 Å². The summed E-state index contributed by atoms with van der Waals surface area (Å²) in [6.07, 6.45) is 1.52. The maximum atomic E-state index is 13.7. The van der Waals surface area contributed by atoms with Gasteiger partial charge in [0.2, 0.25) is 0 Å². The molecule has 3 rings (SSSR count). The number of carbonyl (C=O) groups excluding carboxylic acids is 1. The SMILES string of the molecule is CCOc1ccccc1N=C1NC(=O)C(=Cc2ccccc2F)S1. The molecule has 4 nitrogen and oxygen atoms in total. The molecule has 1 heterocycles. The number of hydrogen-bond acceptors (Lipinski definition) is 4. The quantitative estimate of drug-likeness (QED) is 0.851. The predicted octanol–water partition coefficient (Wildman–Crippen LogP) is 4.12. The largest absolute Gasteiger partial charge is 0.492 e. The molecule has 122 valence electrons. The van der Waals surface area contributed by atoms with Crippen molar-refractivity contribution in [2.45, 2.75) is 6.92 Å². The molecular weight excluding hydrogens is 327 g/mol. The monoisotopic (exact) mass is 342 g/mol. The van der Waals surface area contributed by atoms with Crippen molar-refractivity contribution >= 4 is 34.6 Å². The summed E-state index contributed by atoms with van der Waals surface area (Å²) in [7, 11) is 0. The van der Waals surface area contributed by atoms with E-state index in [1.807, 2.05) is 31.2 Å². The first kappa shape index (κ1) is 16.3. The fourth-order valence-electron chi connectivity index (χ4n) is 2.15. The number of hydrogen-bond donors (Lipinski definition) is 1. The number of amidine groups is 1. The zero-order valence-corrected chi connectivity index (χ0v) is 13.8. The summed E-state index contributed by atoms with van der Waals surface area (Å²) >= 11 is 1.17. The fraction of sp³-hybridized carbons (Fsp3) is 0.111. The fourth-order valence-corrected chi connectivity index (χ4v) is 2.98. The minimum absolute atomic E-state index is 0.295. The molecule has 1 fully saturated rings. The lowest BCUT2D eigenvalue weighted by molar-refractivity contribution is -0.115. The van der Waals surface area contributed by atoms with Gasteiger partial charge in [0.15, 0.2) is 5.17 Å². The average molecular weight is 342 g/mol. The van der Waals surface area contributed by atoms with Crippen LogP contribution < -0.4 is 10.1 Å². The predicted molar refractivity (Wildman–Crippen MR) is 94.8 cm³/mol. The number of nitrogens with zero attached hydrogens (tertiary/aromatic N) is 1. The molecule has 0 saturated carbocycles. The lowest BCUT2D eigenvalue weighted by Gasteiger charge is -2.06. The number of aliphatic imine (C=N–C) groups is 1. The molecule has 2 aromatic carbocycles. The van der Waals surface area contributed by atoms with Gasteiger partial charge in [-0.05, 0) is 43.0 Å². The average Bonchev–Trinajstić information content (AvgIpc) is 2.91. The molecule has 0 atom stereocenters. The molecular formula is C18H15FN2O2S. The number of thioether (sulfide) groups is 1. The first-order valence-corrected chi connectivity index (χ1v) is 8.25. The van der Waals surface area contributed by atoms with E-state index in [0.717, 1.165) is 0 Å². The lowest BCUT2D eigenvalue weighted by atomic mass is 10.2. The van der Waals surface area contributed by atoms with E-state index in [1.165, 1.54) is 23.9 Å². The smallest absolute Gasteiger partial charge is 0.264 e. The number of carbonyl (C=O) groups is 1. The number of nitrogens with one attached hydrogen (secondary N) is 1. The summed E-state index contributed by atoms with van der Waals surface area (Å²) in [6.45, 7) is 2.42. The topological polar surface area (TPSA) is 50.7 Å². The van der Waals surface area contributed by atoms with Gasteiger partial charge in [0.25, 0.3) is 5.91 Å². The zero-order valence-electron chi connectivity index (χ0n) is 13.0. The second kappa shape index (κ2) is 7.31. The third-order valence-corrected chi connectivity index (χ3v) is 4.14. The van der Waals surface area contributed by atoms with Gasteiger partial charge < -0.3 is 10.1 Å². The van der Waals surface area contributed by atoms with Gasteiger partial charge in [-0.25, -0.2) is 9.38 Å². The maximum absolute atomic E-state index is 13.7. The molecule has 1 aliphatic rings. The molecule has 1 aliphatic heterocycles. The molecule has 0 unspecified atom stereocenters. The highest BCUT2D eigenvalue weighted by Crippen LogP contribution is 2.32. The summed E-state index contributed by atoms with van der Waals surface area (Å²) < 4.78 is 19.2. The van der Waals surface area contributed by atoms with Crippen LogP contribution >= 0.6 is 11.8 Å². The number of rotatable bonds is 4. The van der Waals surface area contributed by atoms with Crippen molar-refractivity contribution in [3.63, 3.8) is 0 Å². The van der Waals surface area contributed by atoms with Gasteiger partial charge in [0.05, 0.1) is 11.5 Å². The van der Waals surface area contributed by atoms with Crippen molar-refractivity contribution in [2.24, 2.45) is 4.99 Å². The molecule has 1 N–H and O–H groups in total. The van der Waals surface area contributed by atoms with Crippen molar-refractivity contribution in [2.75, 3.05) is 6.61 Å². The number of amides is 1. The van der Waals surface area contributed by atoms with Crippen LogP contribution in [0.4, 0.5) is 10.1 Å². The lowest BCUT2D eigenvalue weighted by Crippen LogP contribution is -2.19. The zero-order chi connectivity index (χ0) is 16.9. The molecule has 0 radical (unpaired) electrons. The van der Waals surface area contributed by atoms with Crippen LogP contribution in [0.25, 0.3) is 6.08 Å². The third-order valence-electron chi connectivity index (χ3n) is 3.23. The molecule has 0 spiro atoms. The molecule has 0 aromatic heterocycles. The number of benzene rings is 2. The first-order chi connectivity index (χ1) is 11.7. The van der Waals surface area contributed by atoms with Gasteiger partial charge in [-0.15, -0.1) is 0 Å². The summed E-state index contributed by atoms with van der Waals surface area (Å²) in [5.41, 5.74) is 1.00. The highest BCUT2D eigenvalue weighted by molar-refractivity contribution is 8.18. The molecule has 0 bridgehead atoms. The van der Waals surface area contributed by atoms with E-state index < -0.39 is 0 Å². The standard InChI is InChI=1S/C18H15FN2O2S/c1-2-23-15-10-6-5-9-14(15)20-18-21-17(22)16(24-18)11-12-7-3-4-8-13(12)19/h3-11H,2H2,1H3,(H,20,21,22). The Hall–Kier alpha value is -2.60. The Morgan fingerprint density at radius 1 is 1.21 bits per heavy atom. The second-order valence-corrected chi connectivity index (χ2v) is 5.93. The van der Waals surface area contributed by atoms with Crippen molar-refractivity contribution < 1.29 is 13.9 Å².